The van der Waals surface area contributed by atoms with Gasteiger partial charge < -0.3 is 5.11 Å². The Hall–Kier alpha value is -1.38. The van der Waals surface area contributed by atoms with Gasteiger partial charge in [0.2, 0.25) is 0 Å². The Morgan fingerprint density at radius 2 is 1.84 bits per heavy atom. The second-order valence-corrected chi connectivity index (χ2v) is 5.11. The van der Waals surface area contributed by atoms with E-state index in [2.05, 4.69) is 0 Å². The first-order valence-electron chi connectivity index (χ1n) is 6.27. The van der Waals surface area contributed by atoms with Gasteiger partial charge >= 0.3 is 0 Å². The van der Waals surface area contributed by atoms with Crippen LogP contribution in [0.25, 0.3) is 0 Å². The molecule has 0 amide bonds. The molecular weight excluding hydrogens is 263 g/mol. The molecular formula is C16H16ClFO. The number of halogens is 2. The molecule has 1 N–H and O–H groups in total. The molecule has 0 fully saturated rings. The molecule has 0 saturated heterocycles. The van der Waals surface area contributed by atoms with E-state index in [1.807, 2.05) is 30.3 Å². The minimum Gasteiger partial charge on any atom is -0.396 e. The molecule has 0 aliphatic heterocycles. The fourth-order valence-corrected chi connectivity index (χ4v) is 2.39. The van der Waals surface area contributed by atoms with Crippen molar-refractivity contribution < 1.29 is 9.50 Å². The number of aliphatic hydroxyl groups is 1. The van der Waals surface area contributed by atoms with Crippen LogP contribution in [0.15, 0.2) is 48.5 Å². The summed E-state index contributed by atoms with van der Waals surface area (Å²) >= 11 is 5.93. The summed E-state index contributed by atoms with van der Waals surface area (Å²) in [4.78, 5) is 0. The first kappa shape index (κ1) is 14.0. The summed E-state index contributed by atoms with van der Waals surface area (Å²) in [7, 11) is 0. The van der Waals surface area contributed by atoms with E-state index in [0.29, 0.717) is 23.4 Å². The largest absolute Gasteiger partial charge is 0.396 e. The van der Waals surface area contributed by atoms with Crippen LogP contribution in [-0.2, 0) is 12.8 Å². The second kappa shape index (κ2) is 6.69. The zero-order valence-electron chi connectivity index (χ0n) is 10.5. The van der Waals surface area contributed by atoms with E-state index in [0.717, 1.165) is 5.56 Å². The number of aliphatic hydroxyl groups excluding tert-OH is 1. The van der Waals surface area contributed by atoms with Crippen molar-refractivity contribution in [3.05, 3.63) is 70.5 Å². The molecule has 2 rings (SSSR count). The second-order valence-electron chi connectivity index (χ2n) is 4.68. The molecule has 3 heteroatoms. The van der Waals surface area contributed by atoms with Crippen molar-refractivity contribution in [1.82, 2.24) is 0 Å². The van der Waals surface area contributed by atoms with E-state index in [1.165, 1.54) is 6.07 Å². The zero-order chi connectivity index (χ0) is 13.7. The van der Waals surface area contributed by atoms with Crippen LogP contribution < -0.4 is 0 Å². The van der Waals surface area contributed by atoms with Crippen LogP contribution in [0.5, 0.6) is 0 Å². The summed E-state index contributed by atoms with van der Waals surface area (Å²) in [5.41, 5.74) is 1.70. The number of rotatable bonds is 5. The van der Waals surface area contributed by atoms with E-state index in [-0.39, 0.29) is 18.3 Å². The highest BCUT2D eigenvalue weighted by atomic mass is 35.5. The molecule has 2 aromatic rings. The summed E-state index contributed by atoms with van der Waals surface area (Å²) < 4.78 is 13.6. The van der Waals surface area contributed by atoms with Crippen molar-refractivity contribution in [2.75, 3.05) is 6.61 Å². The van der Waals surface area contributed by atoms with Crippen molar-refractivity contribution in [2.24, 2.45) is 5.92 Å². The monoisotopic (exact) mass is 278 g/mol. The van der Waals surface area contributed by atoms with Gasteiger partial charge in [-0.15, -0.1) is 0 Å². The predicted octanol–water partition coefficient (Wildman–Crippen LogP) is 3.87. The molecule has 0 aliphatic carbocycles. The quantitative estimate of drug-likeness (QED) is 0.880. The normalized spacial score (nSPS) is 12.4. The standard InChI is InChI=1S/C16H16ClFO/c17-15-6-3-4-12(10-15)8-13(11-19)9-14-5-1-2-7-16(14)18/h1-7,10,13,19H,8-9,11H2. The maximum absolute atomic E-state index is 13.6. The van der Waals surface area contributed by atoms with E-state index < -0.39 is 0 Å². The third kappa shape index (κ3) is 4.05. The Kier molecular flexibility index (Phi) is 4.94. The Bertz CT molecular complexity index is 542. The van der Waals surface area contributed by atoms with Gasteiger partial charge in [-0.25, -0.2) is 4.39 Å². The molecule has 0 spiro atoms. The van der Waals surface area contributed by atoms with Gasteiger partial charge in [0, 0.05) is 11.6 Å². The lowest BCUT2D eigenvalue weighted by atomic mass is 9.93. The molecule has 100 valence electrons. The van der Waals surface area contributed by atoms with Crippen molar-refractivity contribution in [3.8, 4) is 0 Å². The van der Waals surface area contributed by atoms with E-state index >= 15 is 0 Å². The average Bonchev–Trinajstić information content (AvgIpc) is 2.40. The van der Waals surface area contributed by atoms with Gasteiger partial charge in [0.1, 0.15) is 5.82 Å². The van der Waals surface area contributed by atoms with Gasteiger partial charge in [0.05, 0.1) is 0 Å². The first-order chi connectivity index (χ1) is 9.19. The number of hydrogen-bond acceptors (Lipinski definition) is 1. The lowest BCUT2D eigenvalue weighted by molar-refractivity contribution is 0.224. The molecule has 0 aromatic heterocycles. The van der Waals surface area contributed by atoms with Crippen molar-refractivity contribution >= 4 is 11.6 Å². The maximum atomic E-state index is 13.6. The maximum Gasteiger partial charge on any atom is 0.126 e. The van der Waals surface area contributed by atoms with Crippen LogP contribution in [0.4, 0.5) is 4.39 Å². The van der Waals surface area contributed by atoms with Crippen LogP contribution in [0.3, 0.4) is 0 Å². The Morgan fingerprint density at radius 1 is 1.05 bits per heavy atom. The van der Waals surface area contributed by atoms with Crippen LogP contribution >= 0.6 is 11.6 Å². The summed E-state index contributed by atoms with van der Waals surface area (Å²) in [6.07, 6.45) is 1.21. The fraction of sp³-hybridized carbons (Fsp3) is 0.250. The van der Waals surface area contributed by atoms with E-state index in [1.54, 1.807) is 12.1 Å². The van der Waals surface area contributed by atoms with Gasteiger partial charge in [0.15, 0.2) is 0 Å². The van der Waals surface area contributed by atoms with E-state index in [4.69, 9.17) is 11.6 Å². The van der Waals surface area contributed by atoms with Crippen LogP contribution in [0.1, 0.15) is 11.1 Å². The van der Waals surface area contributed by atoms with Gasteiger partial charge in [0.25, 0.3) is 0 Å². The van der Waals surface area contributed by atoms with Crippen LogP contribution in [0, 0.1) is 11.7 Å². The summed E-state index contributed by atoms with van der Waals surface area (Å²) in [6.45, 7) is 0.0286. The van der Waals surface area contributed by atoms with Gasteiger partial charge in [-0.1, -0.05) is 41.9 Å². The van der Waals surface area contributed by atoms with Gasteiger partial charge in [-0.3, -0.25) is 0 Å². The van der Waals surface area contributed by atoms with Crippen LogP contribution in [-0.4, -0.2) is 11.7 Å². The summed E-state index contributed by atoms with van der Waals surface area (Å²) in [5, 5.41) is 10.1. The molecule has 0 aliphatic rings. The van der Waals surface area contributed by atoms with Crippen molar-refractivity contribution in [2.45, 2.75) is 12.8 Å². The van der Waals surface area contributed by atoms with Crippen molar-refractivity contribution in [3.63, 3.8) is 0 Å². The molecule has 0 heterocycles. The molecule has 1 nitrogen and oxygen atoms in total. The van der Waals surface area contributed by atoms with Crippen LogP contribution in [0.2, 0.25) is 5.02 Å². The zero-order valence-corrected chi connectivity index (χ0v) is 11.3. The highest BCUT2D eigenvalue weighted by Gasteiger charge is 2.12. The summed E-state index contributed by atoms with van der Waals surface area (Å²) in [5.74, 6) is -0.220. The average molecular weight is 279 g/mol. The molecule has 1 unspecified atom stereocenters. The van der Waals surface area contributed by atoms with Gasteiger partial charge in [-0.05, 0) is 48.1 Å². The topological polar surface area (TPSA) is 20.2 Å². The minimum absolute atomic E-state index is 0.00429. The van der Waals surface area contributed by atoms with Gasteiger partial charge in [-0.2, -0.15) is 0 Å². The lowest BCUT2D eigenvalue weighted by Crippen LogP contribution is -2.13. The summed E-state index contributed by atoms with van der Waals surface area (Å²) in [6, 6.07) is 14.2. The molecule has 0 radical (unpaired) electrons. The molecule has 19 heavy (non-hydrogen) atoms. The SMILES string of the molecule is OCC(Cc1cccc(Cl)c1)Cc1ccccc1F. The Balaban J connectivity index is 2.07. The highest BCUT2D eigenvalue weighted by molar-refractivity contribution is 6.30. The smallest absolute Gasteiger partial charge is 0.126 e. The molecule has 0 saturated carbocycles. The number of benzene rings is 2. The van der Waals surface area contributed by atoms with E-state index in [9.17, 15) is 9.50 Å². The third-order valence-electron chi connectivity index (χ3n) is 3.14. The predicted molar refractivity (Wildman–Crippen MR) is 75.8 cm³/mol. The lowest BCUT2D eigenvalue weighted by Gasteiger charge is -2.15. The first-order valence-corrected chi connectivity index (χ1v) is 6.65. The molecule has 1 atom stereocenters. The fourth-order valence-electron chi connectivity index (χ4n) is 2.17. The Morgan fingerprint density at radius 3 is 2.53 bits per heavy atom. The molecule has 0 bridgehead atoms. The molecule has 2 aromatic carbocycles. The third-order valence-corrected chi connectivity index (χ3v) is 3.37. The Labute approximate surface area is 117 Å². The minimum atomic E-state index is -0.216. The highest BCUT2D eigenvalue weighted by Crippen LogP contribution is 2.19. The number of hydrogen-bond donors (Lipinski definition) is 1. The van der Waals surface area contributed by atoms with Crippen molar-refractivity contribution in [1.29, 1.82) is 0 Å².